The molecule has 0 atom stereocenters. The lowest BCUT2D eigenvalue weighted by molar-refractivity contribution is -0.143. The van der Waals surface area contributed by atoms with Gasteiger partial charge in [-0.05, 0) is 37.8 Å². The van der Waals surface area contributed by atoms with E-state index < -0.39 is 11.9 Å². The Balaban J connectivity index is 2.31. The second-order valence-corrected chi connectivity index (χ2v) is 5.10. The number of carbonyl (C=O) groups is 2. The molecule has 22 heavy (non-hydrogen) atoms. The van der Waals surface area contributed by atoms with E-state index in [4.69, 9.17) is 4.74 Å². The molecule has 5 heteroatoms. The monoisotopic (exact) mass is 304 g/mol. The predicted molar refractivity (Wildman–Crippen MR) is 81.3 cm³/mol. The van der Waals surface area contributed by atoms with Crippen LogP contribution in [-0.2, 0) is 19.1 Å². The van der Waals surface area contributed by atoms with E-state index in [-0.39, 0.29) is 11.7 Å². The van der Waals surface area contributed by atoms with Gasteiger partial charge < -0.3 is 14.2 Å². The van der Waals surface area contributed by atoms with Crippen molar-refractivity contribution >= 4 is 18.0 Å². The highest BCUT2D eigenvalue weighted by atomic mass is 16.5. The van der Waals surface area contributed by atoms with E-state index in [0.29, 0.717) is 11.3 Å². The third-order valence-electron chi connectivity index (χ3n) is 3.63. The van der Waals surface area contributed by atoms with Crippen LogP contribution in [0.2, 0.25) is 0 Å². The first-order chi connectivity index (χ1) is 10.7. The van der Waals surface area contributed by atoms with Crippen molar-refractivity contribution < 1.29 is 23.8 Å². The molecular weight excluding hydrogens is 284 g/mol. The van der Waals surface area contributed by atoms with Crippen molar-refractivity contribution in [1.29, 1.82) is 0 Å². The van der Waals surface area contributed by atoms with Crippen LogP contribution in [0.1, 0.15) is 31.2 Å². The van der Waals surface area contributed by atoms with Crippen molar-refractivity contribution in [2.24, 2.45) is 0 Å². The van der Waals surface area contributed by atoms with Gasteiger partial charge in [0.2, 0.25) is 0 Å². The van der Waals surface area contributed by atoms with Crippen LogP contribution in [0.15, 0.2) is 29.8 Å². The van der Waals surface area contributed by atoms with Gasteiger partial charge in [-0.1, -0.05) is 18.2 Å². The summed E-state index contributed by atoms with van der Waals surface area (Å²) in [6.07, 6.45) is 6.02. The smallest absolute Gasteiger partial charge is 0.345 e. The Bertz CT molecular complexity index is 552. The average Bonchev–Trinajstić information content (AvgIpc) is 3.05. The van der Waals surface area contributed by atoms with Crippen LogP contribution in [0, 0.1) is 0 Å². The van der Waals surface area contributed by atoms with Crippen LogP contribution in [0.5, 0.6) is 5.75 Å². The Kier molecular flexibility index (Phi) is 5.58. The summed E-state index contributed by atoms with van der Waals surface area (Å²) in [5.41, 5.74) is 0.493. The Morgan fingerprint density at radius 3 is 2.23 bits per heavy atom. The number of methoxy groups -OCH3 is 2. The maximum absolute atomic E-state index is 11.7. The van der Waals surface area contributed by atoms with Crippen molar-refractivity contribution in [1.82, 2.24) is 0 Å². The summed E-state index contributed by atoms with van der Waals surface area (Å²) >= 11 is 0. The molecule has 1 aliphatic carbocycles. The summed E-state index contributed by atoms with van der Waals surface area (Å²) in [4.78, 5) is 23.5. The Morgan fingerprint density at radius 1 is 1.05 bits per heavy atom. The lowest BCUT2D eigenvalue weighted by Gasteiger charge is -2.15. The Labute approximate surface area is 129 Å². The molecule has 0 amide bonds. The number of hydrogen-bond acceptors (Lipinski definition) is 5. The molecule has 0 spiro atoms. The molecular formula is C17H20O5. The van der Waals surface area contributed by atoms with Gasteiger partial charge in [-0.25, -0.2) is 9.59 Å². The third kappa shape index (κ3) is 3.87. The standard InChI is InChI=1S/C17H20O5/c1-20-16(18)14(17(19)21-2)11-12-7-3-6-10-15(12)22-13-8-4-5-9-13/h3,6-7,10-11,13H,4-5,8-9H2,1-2H3. The highest BCUT2D eigenvalue weighted by molar-refractivity contribution is 6.17. The molecule has 2 rings (SSSR count). The van der Waals surface area contributed by atoms with E-state index in [1.807, 2.05) is 18.2 Å². The van der Waals surface area contributed by atoms with Gasteiger partial charge in [0.25, 0.3) is 0 Å². The minimum Gasteiger partial charge on any atom is -0.490 e. The molecule has 0 aromatic heterocycles. The fraction of sp³-hybridized carbons (Fsp3) is 0.412. The molecule has 118 valence electrons. The molecule has 0 unspecified atom stereocenters. The van der Waals surface area contributed by atoms with Gasteiger partial charge in [0.15, 0.2) is 0 Å². The van der Waals surface area contributed by atoms with Crippen LogP contribution < -0.4 is 4.74 Å². The summed E-state index contributed by atoms with van der Waals surface area (Å²) in [6, 6.07) is 7.30. The van der Waals surface area contributed by atoms with E-state index in [1.54, 1.807) is 6.07 Å². The number of ether oxygens (including phenoxy) is 3. The molecule has 1 saturated carbocycles. The first-order valence-electron chi connectivity index (χ1n) is 7.29. The van der Waals surface area contributed by atoms with Crippen molar-refractivity contribution in [2.75, 3.05) is 14.2 Å². The second kappa shape index (κ2) is 7.64. The fourth-order valence-corrected chi connectivity index (χ4v) is 2.47. The lowest BCUT2D eigenvalue weighted by Crippen LogP contribution is -2.16. The summed E-state index contributed by atoms with van der Waals surface area (Å²) in [7, 11) is 2.44. The van der Waals surface area contributed by atoms with Crippen molar-refractivity contribution in [3.8, 4) is 5.75 Å². The van der Waals surface area contributed by atoms with Gasteiger partial charge in [-0.3, -0.25) is 0 Å². The fourth-order valence-electron chi connectivity index (χ4n) is 2.47. The van der Waals surface area contributed by atoms with Gasteiger partial charge in [0.05, 0.1) is 20.3 Å². The van der Waals surface area contributed by atoms with Gasteiger partial charge in [-0.2, -0.15) is 0 Å². The molecule has 0 N–H and O–H groups in total. The third-order valence-corrected chi connectivity index (χ3v) is 3.63. The van der Waals surface area contributed by atoms with Gasteiger partial charge in [-0.15, -0.1) is 0 Å². The van der Waals surface area contributed by atoms with Crippen molar-refractivity contribution in [3.63, 3.8) is 0 Å². The molecule has 1 fully saturated rings. The topological polar surface area (TPSA) is 61.8 Å². The number of benzene rings is 1. The first-order valence-corrected chi connectivity index (χ1v) is 7.29. The zero-order valence-electron chi connectivity index (χ0n) is 12.8. The van der Waals surface area contributed by atoms with E-state index in [0.717, 1.165) is 25.7 Å². The summed E-state index contributed by atoms with van der Waals surface area (Å²) in [5.74, 6) is -0.815. The van der Waals surface area contributed by atoms with Crippen LogP contribution in [0.25, 0.3) is 6.08 Å². The minimum atomic E-state index is -0.734. The highest BCUT2D eigenvalue weighted by Gasteiger charge is 2.22. The molecule has 1 aromatic rings. The molecule has 0 radical (unpaired) electrons. The second-order valence-electron chi connectivity index (χ2n) is 5.10. The van der Waals surface area contributed by atoms with Crippen LogP contribution >= 0.6 is 0 Å². The van der Waals surface area contributed by atoms with E-state index in [1.165, 1.54) is 20.3 Å². The highest BCUT2D eigenvalue weighted by Crippen LogP contribution is 2.28. The first kappa shape index (κ1) is 16.1. The number of esters is 2. The maximum Gasteiger partial charge on any atom is 0.345 e. The predicted octanol–water partition coefficient (Wildman–Crippen LogP) is 2.74. The SMILES string of the molecule is COC(=O)C(=Cc1ccccc1OC1CCCC1)C(=O)OC. The van der Waals surface area contributed by atoms with Gasteiger partial charge >= 0.3 is 11.9 Å². The molecule has 0 bridgehead atoms. The van der Waals surface area contributed by atoms with Crippen LogP contribution in [0.4, 0.5) is 0 Å². The average molecular weight is 304 g/mol. The summed E-state index contributed by atoms with van der Waals surface area (Å²) in [5, 5.41) is 0. The molecule has 0 saturated heterocycles. The summed E-state index contributed by atoms with van der Waals surface area (Å²) < 4.78 is 15.2. The van der Waals surface area contributed by atoms with Crippen molar-refractivity contribution in [2.45, 2.75) is 31.8 Å². The number of para-hydroxylation sites is 1. The number of rotatable bonds is 5. The van der Waals surface area contributed by atoms with Crippen molar-refractivity contribution in [3.05, 3.63) is 35.4 Å². The summed E-state index contributed by atoms with van der Waals surface area (Å²) in [6.45, 7) is 0. The number of hydrogen-bond donors (Lipinski definition) is 0. The van der Waals surface area contributed by atoms with E-state index in [9.17, 15) is 9.59 Å². The zero-order valence-corrected chi connectivity index (χ0v) is 12.8. The molecule has 0 aliphatic heterocycles. The van der Waals surface area contributed by atoms with E-state index in [2.05, 4.69) is 9.47 Å². The van der Waals surface area contributed by atoms with Crippen LogP contribution in [-0.4, -0.2) is 32.3 Å². The van der Waals surface area contributed by atoms with Crippen LogP contribution in [0.3, 0.4) is 0 Å². The molecule has 5 nitrogen and oxygen atoms in total. The van der Waals surface area contributed by atoms with Gasteiger partial charge in [0, 0.05) is 5.56 Å². The minimum absolute atomic E-state index is 0.160. The number of carbonyl (C=O) groups excluding carboxylic acids is 2. The zero-order chi connectivity index (χ0) is 15.9. The Morgan fingerprint density at radius 2 is 1.64 bits per heavy atom. The Hall–Kier alpha value is -2.30. The van der Waals surface area contributed by atoms with E-state index >= 15 is 0 Å². The lowest BCUT2D eigenvalue weighted by atomic mass is 10.1. The molecule has 0 heterocycles. The molecule has 1 aromatic carbocycles. The maximum atomic E-state index is 11.7. The largest absolute Gasteiger partial charge is 0.490 e. The van der Waals surface area contributed by atoms with Gasteiger partial charge in [0.1, 0.15) is 11.3 Å². The molecule has 1 aliphatic rings. The normalized spacial score (nSPS) is 14.3. The quantitative estimate of drug-likeness (QED) is 0.362.